The van der Waals surface area contributed by atoms with Crippen LogP contribution in [0.4, 0.5) is 11.4 Å². The van der Waals surface area contributed by atoms with Gasteiger partial charge in [0.25, 0.3) is 0 Å². The van der Waals surface area contributed by atoms with E-state index in [0.29, 0.717) is 17.8 Å². The fraction of sp³-hybridized carbons (Fsp3) is 0.265. The molecule has 0 aliphatic carbocycles. The highest BCUT2D eigenvalue weighted by molar-refractivity contribution is 9.09. The molecule has 3 aliphatic rings. The number of halogens is 1. The number of hydrogen-bond donors (Lipinski definition) is 3. The SMILES string of the molecule is O=C(Nc1ccc2ccccc2c1)C1N([C@H](CO)c2ccccc2)C(=O)[C@@H]2[C@H](C(=O)Nc3ccccc3)[C@H]3SC12CC3Br. The number of nitrogens with one attached hydrogen (secondary N) is 2. The molecule has 3 heterocycles. The molecule has 1 spiro atoms. The number of rotatable bonds is 7. The van der Waals surface area contributed by atoms with Crippen LogP contribution in [0.25, 0.3) is 10.8 Å². The zero-order chi connectivity index (χ0) is 29.7. The molecule has 7 rings (SSSR count). The summed E-state index contributed by atoms with van der Waals surface area (Å²) in [5, 5.41) is 18.7. The van der Waals surface area contributed by atoms with Crippen molar-refractivity contribution in [1.82, 2.24) is 4.90 Å². The summed E-state index contributed by atoms with van der Waals surface area (Å²) >= 11 is 5.39. The van der Waals surface area contributed by atoms with Crippen molar-refractivity contribution in [2.75, 3.05) is 17.2 Å². The van der Waals surface area contributed by atoms with Crippen LogP contribution in [0.1, 0.15) is 18.0 Å². The fourth-order valence-electron chi connectivity index (χ4n) is 7.26. The number of thioether (sulfide) groups is 1. The molecule has 0 aromatic heterocycles. The predicted octanol–water partition coefficient (Wildman–Crippen LogP) is 5.62. The van der Waals surface area contributed by atoms with Crippen LogP contribution in [0.5, 0.6) is 0 Å². The standard InChI is InChI=1S/C34H30BrN3O4S/c35-25-18-34-28(27(29(25)43-34)31(40)36-23-13-5-2-6-14-23)33(42)38(26(19-39)21-10-3-1-4-11-21)30(34)32(41)37-24-16-15-20-9-7-8-12-22(20)17-24/h1-17,25-30,39H,18-19H2,(H,36,40)(H,37,41)/t25?,26-,27+,28+,29+,30?,34?/m1/s1. The molecule has 7 atom stereocenters. The molecule has 2 bridgehead atoms. The zero-order valence-electron chi connectivity index (χ0n) is 23.1. The van der Waals surface area contributed by atoms with Gasteiger partial charge < -0.3 is 20.6 Å². The number of para-hydroxylation sites is 1. The average molecular weight is 657 g/mol. The van der Waals surface area contributed by atoms with Gasteiger partial charge in [0, 0.05) is 21.5 Å². The fourth-order valence-corrected chi connectivity index (χ4v) is 10.9. The largest absolute Gasteiger partial charge is 0.394 e. The van der Waals surface area contributed by atoms with E-state index in [2.05, 4.69) is 26.6 Å². The smallest absolute Gasteiger partial charge is 0.248 e. The third-order valence-electron chi connectivity index (χ3n) is 9.03. The number of likely N-dealkylation sites (tertiary alicyclic amines) is 1. The molecule has 4 aromatic rings. The molecular formula is C34H30BrN3O4S. The lowest BCUT2D eigenvalue weighted by molar-refractivity contribution is -0.141. The maximum atomic E-state index is 14.6. The minimum Gasteiger partial charge on any atom is -0.394 e. The monoisotopic (exact) mass is 655 g/mol. The summed E-state index contributed by atoms with van der Waals surface area (Å²) in [6.07, 6.45) is 0.549. The van der Waals surface area contributed by atoms with Crippen molar-refractivity contribution in [3.63, 3.8) is 0 Å². The minimum atomic E-state index is -0.904. The molecule has 3 fully saturated rings. The number of benzene rings is 4. The van der Waals surface area contributed by atoms with E-state index in [0.717, 1.165) is 16.3 Å². The van der Waals surface area contributed by atoms with Crippen LogP contribution in [0.2, 0.25) is 0 Å². The second kappa shape index (κ2) is 11.1. The molecule has 3 saturated heterocycles. The topological polar surface area (TPSA) is 98.7 Å². The maximum absolute atomic E-state index is 14.6. The Bertz CT molecular complexity index is 1710. The number of aliphatic hydroxyl groups excluding tert-OH is 1. The quantitative estimate of drug-likeness (QED) is 0.225. The average Bonchev–Trinajstić information content (AvgIpc) is 3.62. The highest BCUT2D eigenvalue weighted by Gasteiger charge is 2.76. The number of nitrogens with zero attached hydrogens (tertiary/aromatic N) is 1. The van der Waals surface area contributed by atoms with Gasteiger partial charge in [-0.1, -0.05) is 94.8 Å². The summed E-state index contributed by atoms with van der Waals surface area (Å²) < 4.78 is -0.849. The summed E-state index contributed by atoms with van der Waals surface area (Å²) in [5.41, 5.74) is 2.02. The third-order valence-corrected chi connectivity index (χ3v) is 12.2. The van der Waals surface area contributed by atoms with Crippen LogP contribution in [-0.2, 0) is 14.4 Å². The van der Waals surface area contributed by atoms with Crippen molar-refractivity contribution >= 4 is 67.6 Å². The first kappa shape index (κ1) is 28.1. The molecule has 3 aliphatic heterocycles. The van der Waals surface area contributed by atoms with Gasteiger partial charge in [0.1, 0.15) is 6.04 Å². The van der Waals surface area contributed by atoms with E-state index in [4.69, 9.17) is 0 Å². The molecule has 9 heteroatoms. The van der Waals surface area contributed by atoms with Crippen LogP contribution in [-0.4, -0.2) is 55.2 Å². The molecule has 43 heavy (non-hydrogen) atoms. The van der Waals surface area contributed by atoms with Gasteiger partial charge in [-0.15, -0.1) is 11.8 Å². The van der Waals surface area contributed by atoms with Crippen molar-refractivity contribution < 1.29 is 19.5 Å². The molecule has 0 saturated carbocycles. The van der Waals surface area contributed by atoms with E-state index in [1.807, 2.05) is 103 Å². The van der Waals surface area contributed by atoms with E-state index < -0.39 is 28.7 Å². The van der Waals surface area contributed by atoms with Gasteiger partial charge in [-0.2, -0.15) is 0 Å². The second-order valence-corrected chi connectivity index (χ2v) is 14.1. The molecule has 218 valence electrons. The van der Waals surface area contributed by atoms with Crippen LogP contribution in [0.15, 0.2) is 103 Å². The lowest BCUT2D eigenvalue weighted by Crippen LogP contribution is -2.53. The minimum absolute atomic E-state index is 0.0618. The Morgan fingerprint density at radius 2 is 1.53 bits per heavy atom. The number of carbonyl (C=O) groups excluding carboxylic acids is 3. The van der Waals surface area contributed by atoms with Gasteiger partial charge in [0.05, 0.1) is 29.2 Å². The Labute approximate surface area is 262 Å². The summed E-state index contributed by atoms with van der Waals surface area (Å²) in [5.74, 6) is -2.19. The number of alkyl halides is 1. The van der Waals surface area contributed by atoms with Gasteiger partial charge in [-0.25, -0.2) is 0 Å². The van der Waals surface area contributed by atoms with E-state index >= 15 is 0 Å². The van der Waals surface area contributed by atoms with Crippen LogP contribution in [0, 0.1) is 11.8 Å². The Morgan fingerprint density at radius 1 is 0.884 bits per heavy atom. The van der Waals surface area contributed by atoms with E-state index in [1.54, 1.807) is 16.7 Å². The maximum Gasteiger partial charge on any atom is 0.248 e. The van der Waals surface area contributed by atoms with Crippen molar-refractivity contribution in [2.45, 2.75) is 33.3 Å². The first-order chi connectivity index (χ1) is 20.9. The molecule has 3 amide bonds. The molecule has 4 aromatic carbocycles. The number of amides is 3. The number of anilines is 2. The summed E-state index contributed by atoms with van der Waals surface area (Å²) in [4.78, 5) is 44.4. The van der Waals surface area contributed by atoms with Crippen LogP contribution < -0.4 is 10.6 Å². The summed E-state index contributed by atoms with van der Waals surface area (Å²) in [6.45, 7) is -0.356. The summed E-state index contributed by atoms with van der Waals surface area (Å²) in [7, 11) is 0. The first-order valence-corrected chi connectivity index (χ1v) is 16.2. The van der Waals surface area contributed by atoms with E-state index in [1.165, 1.54) is 0 Å². The van der Waals surface area contributed by atoms with Crippen LogP contribution in [0.3, 0.4) is 0 Å². The van der Waals surface area contributed by atoms with Crippen molar-refractivity contribution in [3.8, 4) is 0 Å². The Balaban J connectivity index is 1.30. The van der Waals surface area contributed by atoms with Gasteiger partial charge in [0.15, 0.2) is 0 Å². The lowest BCUT2D eigenvalue weighted by atomic mass is 9.70. The highest BCUT2D eigenvalue weighted by atomic mass is 79.9. The zero-order valence-corrected chi connectivity index (χ0v) is 25.5. The number of fused-ring (bicyclic) bond motifs is 2. The molecule has 3 N–H and O–H groups in total. The number of carbonyl (C=O) groups is 3. The third kappa shape index (κ3) is 4.65. The van der Waals surface area contributed by atoms with Gasteiger partial charge in [-0.05, 0) is 47.0 Å². The second-order valence-electron chi connectivity index (χ2n) is 11.4. The molecule has 3 unspecified atom stereocenters. The lowest BCUT2D eigenvalue weighted by Gasteiger charge is -2.37. The van der Waals surface area contributed by atoms with Crippen molar-refractivity contribution in [2.24, 2.45) is 11.8 Å². The Morgan fingerprint density at radius 3 is 2.26 bits per heavy atom. The Hall–Kier alpha value is -3.66. The number of hydrogen-bond acceptors (Lipinski definition) is 5. The van der Waals surface area contributed by atoms with Gasteiger partial charge in [0.2, 0.25) is 17.7 Å². The van der Waals surface area contributed by atoms with E-state index in [-0.39, 0.29) is 34.4 Å². The van der Waals surface area contributed by atoms with E-state index in [9.17, 15) is 19.5 Å². The van der Waals surface area contributed by atoms with Gasteiger partial charge in [-0.3, -0.25) is 14.4 Å². The van der Waals surface area contributed by atoms with Crippen molar-refractivity contribution in [3.05, 3.63) is 109 Å². The normalized spacial score (nSPS) is 28.1. The predicted molar refractivity (Wildman–Crippen MR) is 173 cm³/mol. The number of aliphatic hydroxyl groups is 1. The molecule has 7 nitrogen and oxygen atoms in total. The Kier molecular flexibility index (Phi) is 7.27. The molecular weight excluding hydrogens is 626 g/mol. The van der Waals surface area contributed by atoms with Crippen LogP contribution >= 0.6 is 27.7 Å². The van der Waals surface area contributed by atoms with Gasteiger partial charge >= 0.3 is 0 Å². The summed E-state index contributed by atoms with van der Waals surface area (Å²) in [6, 6.07) is 30.5. The van der Waals surface area contributed by atoms with Crippen molar-refractivity contribution in [1.29, 1.82) is 0 Å². The molecule has 0 radical (unpaired) electrons. The first-order valence-electron chi connectivity index (χ1n) is 14.4. The highest BCUT2D eigenvalue weighted by Crippen LogP contribution is 2.68.